The summed E-state index contributed by atoms with van der Waals surface area (Å²) in [5, 5.41) is 10.0. The standard InChI is InChI=1S/C11H6ClF3N2O2/c12-9-4-10-7(3-8(9)11(13,14)15)6(5-16-10)1-2-17(18)19/h1-5,16H/b2-1+. The summed E-state index contributed by atoms with van der Waals surface area (Å²) in [5.74, 6) is 0. The van der Waals surface area contributed by atoms with Gasteiger partial charge in [0.1, 0.15) is 0 Å². The highest BCUT2D eigenvalue weighted by molar-refractivity contribution is 6.32. The molecule has 1 aromatic carbocycles. The van der Waals surface area contributed by atoms with Gasteiger partial charge in [-0.15, -0.1) is 0 Å². The lowest BCUT2D eigenvalue weighted by Crippen LogP contribution is -2.05. The number of benzene rings is 1. The fraction of sp³-hybridized carbons (Fsp3) is 0.0909. The third-order valence-corrected chi connectivity index (χ3v) is 2.80. The molecule has 0 unspecified atom stereocenters. The third kappa shape index (κ3) is 2.70. The smallest absolute Gasteiger partial charge is 0.361 e. The van der Waals surface area contributed by atoms with E-state index in [-0.39, 0.29) is 10.9 Å². The quantitative estimate of drug-likeness (QED) is 0.669. The molecule has 0 atom stereocenters. The van der Waals surface area contributed by atoms with Crippen molar-refractivity contribution in [2.45, 2.75) is 6.18 Å². The Hall–Kier alpha value is -2.02. The molecule has 0 radical (unpaired) electrons. The molecule has 8 heteroatoms. The maximum Gasteiger partial charge on any atom is 0.417 e. The fourth-order valence-electron chi connectivity index (χ4n) is 1.66. The average Bonchev–Trinajstić information content (AvgIpc) is 2.66. The summed E-state index contributed by atoms with van der Waals surface area (Å²) in [6.45, 7) is 0. The molecule has 0 aliphatic rings. The first-order valence-electron chi connectivity index (χ1n) is 4.98. The molecule has 2 aromatic rings. The summed E-state index contributed by atoms with van der Waals surface area (Å²) in [6, 6.07) is 2.01. The van der Waals surface area contributed by atoms with Gasteiger partial charge in [-0.1, -0.05) is 11.6 Å². The molecule has 0 aliphatic heterocycles. The zero-order valence-corrected chi connectivity index (χ0v) is 9.92. The van der Waals surface area contributed by atoms with Crippen LogP contribution in [0, 0.1) is 10.1 Å². The van der Waals surface area contributed by atoms with Crippen molar-refractivity contribution in [3.05, 3.63) is 50.8 Å². The van der Waals surface area contributed by atoms with Gasteiger partial charge in [-0.25, -0.2) is 0 Å². The number of H-pyrrole nitrogens is 1. The Labute approximate surface area is 109 Å². The van der Waals surface area contributed by atoms with Gasteiger partial charge in [-0.3, -0.25) is 10.1 Å². The van der Waals surface area contributed by atoms with Crippen LogP contribution in [0.1, 0.15) is 11.1 Å². The normalized spacial score (nSPS) is 12.4. The number of rotatable bonds is 2. The van der Waals surface area contributed by atoms with Gasteiger partial charge in [0, 0.05) is 28.7 Å². The minimum Gasteiger partial charge on any atom is -0.361 e. The minimum atomic E-state index is -4.58. The summed E-state index contributed by atoms with van der Waals surface area (Å²) in [5.41, 5.74) is -0.313. The van der Waals surface area contributed by atoms with Crippen molar-refractivity contribution >= 4 is 28.6 Å². The molecule has 19 heavy (non-hydrogen) atoms. The fourth-order valence-corrected chi connectivity index (χ4v) is 1.93. The molecule has 1 heterocycles. The zero-order chi connectivity index (χ0) is 14.2. The largest absolute Gasteiger partial charge is 0.417 e. The van der Waals surface area contributed by atoms with E-state index in [0.29, 0.717) is 11.7 Å². The van der Waals surface area contributed by atoms with E-state index in [2.05, 4.69) is 4.98 Å². The molecule has 4 nitrogen and oxygen atoms in total. The summed E-state index contributed by atoms with van der Waals surface area (Å²) < 4.78 is 38.1. The Bertz CT molecular complexity index is 676. The van der Waals surface area contributed by atoms with Crippen LogP contribution in [0.5, 0.6) is 0 Å². The molecule has 0 spiro atoms. The van der Waals surface area contributed by atoms with E-state index in [1.807, 2.05) is 0 Å². The highest BCUT2D eigenvalue weighted by atomic mass is 35.5. The molecule has 1 N–H and O–H groups in total. The van der Waals surface area contributed by atoms with E-state index in [9.17, 15) is 23.3 Å². The van der Waals surface area contributed by atoms with Crippen LogP contribution in [0.3, 0.4) is 0 Å². The van der Waals surface area contributed by atoms with E-state index in [1.165, 1.54) is 6.20 Å². The second kappa shape index (κ2) is 4.58. The highest BCUT2D eigenvalue weighted by Gasteiger charge is 2.33. The van der Waals surface area contributed by atoms with Crippen molar-refractivity contribution < 1.29 is 18.1 Å². The lowest BCUT2D eigenvalue weighted by molar-refractivity contribution is -0.400. The molecule has 0 amide bonds. The summed E-state index contributed by atoms with van der Waals surface area (Å²) in [4.78, 5) is 12.2. The number of aromatic nitrogens is 1. The second-order valence-corrected chi connectivity index (χ2v) is 4.13. The molecule has 0 fully saturated rings. The Balaban J connectivity index is 2.62. The van der Waals surface area contributed by atoms with Crippen LogP contribution < -0.4 is 0 Å². The van der Waals surface area contributed by atoms with E-state index >= 15 is 0 Å². The molecule has 0 saturated heterocycles. The van der Waals surface area contributed by atoms with Crippen molar-refractivity contribution in [2.75, 3.05) is 0 Å². The third-order valence-electron chi connectivity index (χ3n) is 2.48. The van der Waals surface area contributed by atoms with Gasteiger partial charge in [0.25, 0.3) is 0 Å². The molecule has 0 bridgehead atoms. The Morgan fingerprint density at radius 3 is 2.63 bits per heavy atom. The number of hydrogen-bond donors (Lipinski definition) is 1. The number of hydrogen-bond acceptors (Lipinski definition) is 2. The van der Waals surface area contributed by atoms with E-state index < -0.39 is 21.7 Å². The second-order valence-electron chi connectivity index (χ2n) is 3.72. The Morgan fingerprint density at radius 1 is 1.37 bits per heavy atom. The lowest BCUT2D eigenvalue weighted by atomic mass is 10.1. The Kier molecular flexibility index (Phi) is 3.23. The summed E-state index contributed by atoms with van der Waals surface area (Å²) in [6.07, 6.45) is -1.43. The van der Waals surface area contributed by atoms with Crippen molar-refractivity contribution in [1.82, 2.24) is 4.98 Å². The number of nitro groups is 1. The number of nitrogens with zero attached hydrogens (tertiary/aromatic N) is 1. The predicted octanol–water partition coefficient (Wildman–Crippen LogP) is 4.09. The van der Waals surface area contributed by atoms with Gasteiger partial charge in [0.05, 0.1) is 15.5 Å². The van der Waals surface area contributed by atoms with Crippen LogP contribution in [0.25, 0.3) is 17.0 Å². The maximum atomic E-state index is 12.7. The molecule has 1 aromatic heterocycles. The van der Waals surface area contributed by atoms with E-state index in [1.54, 1.807) is 0 Å². The summed E-state index contributed by atoms with van der Waals surface area (Å²) in [7, 11) is 0. The molecule has 2 rings (SSSR count). The van der Waals surface area contributed by atoms with Gasteiger partial charge >= 0.3 is 6.18 Å². The van der Waals surface area contributed by atoms with Crippen LogP contribution in [0.4, 0.5) is 13.2 Å². The number of alkyl halides is 3. The van der Waals surface area contributed by atoms with Gasteiger partial charge in [-0.2, -0.15) is 13.2 Å². The van der Waals surface area contributed by atoms with E-state index in [4.69, 9.17) is 11.6 Å². The monoisotopic (exact) mass is 290 g/mol. The minimum absolute atomic E-state index is 0.217. The molecular weight excluding hydrogens is 285 g/mol. The number of aromatic amines is 1. The number of halogens is 4. The van der Waals surface area contributed by atoms with Gasteiger partial charge in [0.15, 0.2) is 0 Å². The van der Waals surface area contributed by atoms with Gasteiger partial charge in [0.2, 0.25) is 6.20 Å². The first kappa shape index (κ1) is 13.4. The Morgan fingerprint density at radius 2 is 2.05 bits per heavy atom. The predicted molar refractivity (Wildman–Crippen MR) is 64.3 cm³/mol. The summed E-state index contributed by atoms with van der Waals surface area (Å²) >= 11 is 5.56. The van der Waals surface area contributed by atoms with Crippen molar-refractivity contribution in [3.63, 3.8) is 0 Å². The van der Waals surface area contributed by atoms with Crippen molar-refractivity contribution in [3.8, 4) is 0 Å². The van der Waals surface area contributed by atoms with Crippen LogP contribution in [-0.2, 0) is 6.18 Å². The van der Waals surface area contributed by atoms with Crippen molar-refractivity contribution in [2.24, 2.45) is 0 Å². The maximum absolute atomic E-state index is 12.7. The molecule has 100 valence electrons. The molecule has 0 saturated carbocycles. The van der Waals surface area contributed by atoms with Crippen LogP contribution in [-0.4, -0.2) is 9.91 Å². The van der Waals surface area contributed by atoms with Crippen molar-refractivity contribution in [1.29, 1.82) is 0 Å². The van der Waals surface area contributed by atoms with Crippen LogP contribution in [0.2, 0.25) is 5.02 Å². The molecular formula is C11H6ClF3N2O2. The van der Waals surface area contributed by atoms with Gasteiger partial charge in [-0.05, 0) is 12.1 Å². The lowest BCUT2D eigenvalue weighted by Gasteiger charge is -2.08. The number of fused-ring (bicyclic) bond motifs is 1. The molecule has 0 aliphatic carbocycles. The van der Waals surface area contributed by atoms with Gasteiger partial charge < -0.3 is 4.98 Å². The first-order valence-corrected chi connectivity index (χ1v) is 5.36. The zero-order valence-electron chi connectivity index (χ0n) is 9.16. The van der Waals surface area contributed by atoms with E-state index in [0.717, 1.165) is 18.2 Å². The topological polar surface area (TPSA) is 58.9 Å². The average molecular weight is 291 g/mol. The number of nitrogens with one attached hydrogen (secondary N) is 1. The SMILES string of the molecule is O=[N+]([O-])/C=C/c1c[nH]c2cc(Cl)c(C(F)(F)F)cc12. The highest BCUT2D eigenvalue weighted by Crippen LogP contribution is 2.37. The first-order chi connectivity index (χ1) is 8.79. The van der Waals surface area contributed by atoms with Crippen LogP contribution in [0.15, 0.2) is 24.5 Å². The van der Waals surface area contributed by atoms with Crippen LogP contribution >= 0.6 is 11.6 Å².